The highest BCUT2D eigenvalue weighted by Crippen LogP contribution is 2.38. The molecule has 1 aliphatic rings. The highest BCUT2D eigenvalue weighted by Gasteiger charge is 2.23. The van der Waals surface area contributed by atoms with Gasteiger partial charge in [-0.1, -0.05) is 32.0 Å². The van der Waals surface area contributed by atoms with Gasteiger partial charge in [-0.25, -0.2) is 0 Å². The van der Waals surface area contributed by atoms with E-state index in [1.807, 2.05) is 11.8 Å². The van der Waals surface area contributed by atoms with Crippen molar-refractivity contribution in [3.8, 4) is 0 Å². The number of hydrogen-bond donors (Lipinski definition) is 2. The largest absolute Gasteiger partial charge is 0.396 e. The SMILES string of the molecule is CC(C)(CO)CNCC1CSc2ccccc21. The van der Waals surface area contributed by atoms with Crippen molar-refractivity contribution in [2.45, 2.75) is 24.7 Å². The molecule has 94 valence electrons. The third-order valence-electron chi connectivity index (χ3n) is 3.22. The van der Waals surface area contributed by atoms with Gasteiger partial charge in [0.2, 0.25) is 0 Å². The second kappa shape index (κ2) is 5.42. The van der Waals surface area contributed by atoms with Gasteiger partial charge in [-0.2, -0.15) is 0 Å². The summed E-state index contributed by atoms with van der Waals surface area (Å²) in [4.78, 5) is 1.43. The molecule has 0 radical (unpaired) electrons. The third-order valence-corrected chi connectivity index (χ3v) is 4.47. The molecule has 0 aromatic heterocycles. The lowest BCUT2D eigenvalue weighted by molar-refractivity contribution is 0.157. The van der Waals surface area contributed by atoms with Crippen molar-refractivity contribution in [2.24, 2.45) is 5.41 Å². The van der Waals surface area contributed by atoms with E-state index in [4.69, 9.17) is 0 Å². The van der Waals surface area contributed by atoms with Crippen molar-refractivity contribution in [1.82, 2.24) is 5.32 Å². The van der Waals surface area contributed by atoms with Crippen LogP contribution in [0.15, 0.2) is 29.2 Å². The molecule has 0 saturated carbocycles. The first-order chi connectivity index (χ1) is 8.12. The molecule has 1 aliphatic heterocycles. The van der Waals surface area contributed by atoms with E-state index in [9.17, 15) is 5.11 Å². The Labute approximate surface area is 108 Å². The van der Waals surface area contributed by atoms with E-state index >= 15 is 0 Å². The van der Waals surface area contributed by atoms with Crippen molar-refractivity contribution >= 4 is 11.8 Å². The summed E-state index contributed by atoms with van der Waals surface area (Å²) in [5.74, 6) is 1.79. The molecule has 1 aromatic rings. The summed E-state index contributed by atoms with van der Waals surface area (Å²) in [7, 11) is 0. The third kappa shape index (κ3) is 3.24. The van der Waals surface area contributed by atoms with Gasteiger partial charge >= 0.3 is 0 Å². The van der Waals surface area contributed by atoms with Crippen LogP contribution in [0.1, 0.15) is 25.3 Å². The number of hydrogen-bond acceptors (Lipinski definition) is 3. The summed E-state index contributed by atoms with van der Waals surface area (Å²) in [6.07, 6.45) is 0. The Kier molecular flexibility index (Phi) is 4.13. The number of rotatable bonds is 5. The van der Waals surface area contributed by atoms with Crippen molar-refractivity contribution in [3.63, 3.8) is 0 Å². The summed E-state index contributed by atoms with van der Waals surface area (Å²) in [6, 6.07) is 8.67. The maximum absolute atomic E-state index is 9.20. The predicted octanol–water partition coefficient (Wildman–Crippen LogP) is 2.48. The van der Waals surface area contributed by atoms with Gasteiger partial charge in [0, 0.05) is 41.7 Å². The molecule has 0 fully saturated rings. The van der Waals surface area contributed by atoms with Gasteiger partial charge in [-0.05, 0) is 11.6 Å². The number of benzene rings is 1. The fourth-order valence-electron chi connectivity index (χ4n) is 2.04. The summed E-state index contributed by atoms with van der Waals surface area (Å²) >= 11 is 1.95. The normalized spacial score (nSPS) is 19.4. The first-order valence-corrected chi connectivity index (χ1v) is 7.14. The molecule has 0 bridgehead atoms. The minimum atomic E-state index is -0.0226. The Morgan fingerprint density at radius 3 is 2.94 bits per heavy atom. The quantitative estimate of drug-likeness (QED) is 0.843. The zero-order valence-corrected chi connectivity index (χ0v) is 11.4. The van der Waals surface area contributed by atoms with Gasteiger partial charge in [0.15, 0.2) is 0 Å². The lowest BCUT2D eigenvalue weighted by atomic mass is 9.94. The minimum Gasteiger partial charge on any atom is -0.396 e. The van der Waals surface area contributed by atoms with E-state index in [1.54, 1.807) is 0 Å². The Morgan fingerprint density at radius 1 is 1.41 bits per heavy atom. The van der Waals surface area contributed by atoms with Crippen LogP contribution in [0.5, 0.6) is 0 Å². The average Bonchev–Trinajstić information content (AvgIpc) is 2.73. The van der Waals surface area contributed by atoms with Gasteiger partial charge in [0.25, 0.3) is 0 Å². The number of fused-ring (bicyclic) bond motifs is 1. The van der Waals surface area contributed by atoms with Crippen molar-refractivity contribution in [3.05, 3.63) is 29.8 Å². The molecule has 0 amide bonds. The fourth-order valence-corrected chi connectivity index (χ4v) is 3.29. The zero-order chi connectivity index (χ0) is 12.3. The summed E-state index contributed by atoms with van der Waals surface area (Å²) in [5, 5.41) is 12.7. The highest BCUT2D eigenvalue weighted by atomic mass is 32.2. The van der Waals surface area contributed by atoms with E-state index in [1.165, 1.54) is 16.2 Å². The number of aliphatic hydroxyl groups excluding tert-OH is 1. The van der Waals surface area contributed by atoms with Crippen LogP contribution in [0.3, 0.4) is 0 Å². The van der Waals surface area contributed by atoms with Gasteiger partial charge in [0.05, 0.1) is 0 Å². The molecule has 0 aliphatic carbocycles. The molecule has 3 heteroatoms. The molecule has 1 aromatic carbocycles. The lowest BCUT2D eigenvalue weighted by Gasteiger charge is -2.23. The highest BCUT2D eigenvalue weighted by molar-refractivity contribution is 7.99. The second-order valence-electron chi connectivity index (χ2n) is 5.50. The maximum Gasteiger partial charge on any atom is 0.0494 e. The molecule has 2 rings (SSSR count). The molecule has 0 saturated heterocycles. The molecule has 1 unspecified atom stereocenters. The zero-order valence-electron chi connectivity index (χ0n) is 10.6. The second-order valence-corrected chi connectivity index (χ2v) is 6.56. The molecule has 0 spiro atoms. The van der Waals surface area contributed by atoms with Crippen LogP contribution in [-0.4, -0.2) is 30.6 Å². The Bertz CT molecular complexity index is 378. The molecular formula is C14H21NOS. The molecule has 17 heavy (non-hydrogen) atoms. The first-order valence-electron chi connectivity index (χ1n) is 6.16. The smallest absolute Gasteiger partial charge is 0.0494 e. The standard InChI is InChI=1S/C14H21NOS/c1-14(2,10-16)9-15-7-11-8-17-13-6-4-3-5-12(11)13/h3-6,11,15-16H,7-10H2,1-2H3. The van der Waals surface area contributed by atoms with Gasteiger partial charge < -0.3 is 10.4 Å². The van der Waals surface area contributed by atoms with Gasteiger partial charge in [-0.15, -0.1) is 11.8 Å². The molecule has 1 atom stereocenters. The predicted molar refractivity (Wildman–Crippen MR) is 73.6 cm³/mol. The maximum atomic E-state index is 9.20. The van der Waals surface area contributed by atoms with Crippen LogP contribution in [0.4, 0.5) is 0 Å². The van der Waals surface area contributed by atoms with Crippen LogP contribution < -0.4 is 5.32 Å². The van der Waals surface area contributed by atoms with E-state index in [0.29, 0.717) is 5.92 Å². The Balaban J connectivity index is 1.86. The van der Waals surface area contributed by atoms with E-state index in [-0.39, 0.29) is 12.0 Å². The number of thioether (sulfide) groups is 1. The van der Waals surface area contributed by atoms with E-state index < -0.39 is 0 Å². The number of nitrogens with one attached hydrogen (secondary N) is 1. The molecular weight excluding hydrogens is 230 g/mol. The summed E-state index contributed by atoms with van der Waals surface area (Å²) in [6.45, 7) is 6.27. The van der Waals surface area contributed by atoms with Crippen LogP contribution in [-0.2, 0) is 0 Å². The minimum absolute atomic E-state index is 0.0226. The van der Waals surface area contributed by atoms with Crippen LogP contribution in [0.2, 0.25) is 0 Å². The lowest BCUT2D eigenvalue weighted by Crippen LogP contribution is -2.34. The fraction of sp³-hybridized carbons (Fsp3) is 0.571. The Hall–Kier alpha value is -0.510. The van der Waals surface area contributed by atoms with Gasteiger partial charge in [-0.3, -0.25) is 0 Å². The van der Waals surface area contributed by atoms with Crippen molar-refractivity contribution in [2.75, 3.05) is 25.4 Å². The van der Waals surface area contributed by atoms with Crippen LogP contribution >= 0.6 is 11.8 Å². The van der Waals surface area contributed by atoms with Gasteiger partial charge in [0.1, 0.15) is 0 Å². The molecule has 2 N–H and O–H groups in total. The Morgan fingerprint density at radius 2 is 2.18 bits per heavy atom. The molecule has 2 nitrogen and oxygen atoms in total. The van der Waals surface area contributed by atoms with Crippen molar-refractivity contribution in [1.29, 1.82) is 0 Å². The topological polar surface area (TPSA) is 32.3 Å². The summed E-state index contributed by atoms with van der Waals surface area (Å²) < 4.78 is 0. The molecule has 1 heterocycles. The van der Waals surface area contributed by atoms with E-state index in [2.05, 4.69) is 43.4 Å². The van der Waals surface area contributed by atoms with E-state index in [0.717, 1.165) is 13.1 Å². The van der Waals surface area contributed by atoms with Crippen LogP contribution in [0.25, 0.3) is 0 Å². The van der Waals surface area contributed by atoms with Crippen LogP contribution in [0, 0.1) is 5.41 Å². The first kappa shape index (κ1) is 12.9. The monoisotopic (exact) mass is 251 g/mol. The average molecular weight is 251 g/mol. The van der Waals surface area contributed by atoms with Crippen molar-refractivity contribution < 1.29 is 5.11 Å². The summed E-state index contributed by atoms with van der Waals surface area (Å²) in [5.41, 5.74) is 1.46. The number of aliphatic hydroxyl groups is 1.